The third-order valence-corrected chi connectivity index (χ3v) is 3.80. The quantitative estimate of drug-likeness (QED) is 0.834. The Bertz CT molecular complexity index is 481. The first-order chi connectivity index (χ1) is 9.02. The van der Waals surface area contributed by atoms with E-state index >= 15 is 0 Å². The first kappa shape index (κ1) is 13.6. The molecule has 0 aromatic heterocycles. The second kappa shape index (κ2) is 5.43. The molecule has 1 aromatic rings. The average molecular weight is 261 g/mol. The minimum absolute atomic E-state index is 0.0113. The summed E-state index contributed by atoms with van der Waals surface area (Å²) in [5.41, 5.74) is 1.05. The molecule has 0 aliphatic carbocycles. The molecular formula is C15H19NO3. The molecule has 0 spiro atoms. The van der Waals surface area contributed by atoms with Crippen LogP contribution in [0, 0.1) is 5.92 Å². The average Bonchev–Trinajstić information content (AvgIpc) is 2.80. The molecule has 1 aliphatic rings. The number of carbonyl (C=O) groups excluding carboxylic acids is 2. The van der Waals surface area contributed by atoms with Crippen molar-refractivity contribution in [2.75, 3.05) is 13.7 Å². The van der Waals surface area contributed by atoms with Crippen LogP contribution >= 0.6 is 0 Å². The number of amides is 1. The van der Waals surface area contributed by atoms with Gasteiger partial charge in [0.2, 0.25) is 5.91 Å². The van der Waals surface area contributed by atoms with Crippen LogP contribution in [0.15, 0.2) is 24.3 Å². The van der Waals surface area contributed by atoms with Gasteiger partial charge in [0.05, 0.1) is 13.2 Å². The SMILES string of the molecule is COc1ccc([C@@H](C)N2C[C@@H](C(C)=O)CC2=O)cc1. The van der Waals surface area contributed by atoms with Gasteiger partial charge in [0.25, 0.3) is 0 Å². The van der Waals surface area contributed by atoms with Gasteiger partial charge in [-0.3, -0.25) is 9.59 Å². The predicted molar refractivity (Wildman–Crippen MR) is 71.9 cm³/mol. The van der Waals surface area contributed by atoms with E-state index < -0.39 is 0 Å². The largest absolute Gasteiger partial charge is 0.497 e. The highest BCUT2D eigenvalue weighted by Gasteiger charge is 2.35. The summed E-state index contributed by atoms with van der Waals surface area (Å²) < 4.78 is 5.12. The van der Waals surface area contributed by atoms with Crippen LogP contribution in [0.1, 0.15) is 31.9 Å². The maximum atomic E-state index is 12.0. The molecule has 1 fully saturated rings. The number of hydrogen-bond donors (Lipinski definition) is 0. The number of rotatable bonds is 4. The van der Waals surface area contributed by atoms with Gasteiger partial charge in [0, 0.05) is 18.9 Å². The molecular weight excluding hydrogens is 242 g/mol. The van der Waals surface area contributed by atoms with E-state index in [1.807, 2.05) is 31.2 Å². The Morgan fingerprint density at radius 3 is 2.47 bits per heavy atom. The molecule has 2 rings (SSSR count). The smallest absolute Gasteiger partial charge is 0.223 e. The first-order valence-electron chi connectivity index (χ1n) is 6.46. The zero-order valence-electron chi connectivity index (χ0n) is 11.6. The predicted octanol–water partition coefficient (Wildman–Crippen LogP) is 2.19. The maximum Gasteiger partial charge on any atom is 0.223 e. The molecule has 102 valence electrons. The van der Waals surface area contributed by atoms with Crippen LogP contribution in [-0.2, 0) is 9.59 Å². The normalized spacial score (nSPS) is 20.5. The highest BCUT2D eigenvalue weighted by Crippen LogP contribution is 2.29. The van der Waals surface area contributed by atoms with Crippen molar-refractivity contribution in [2.24, 2.45) is 5.92 Å². The summed E-state index contributed by atoms with van der Waals surface area (Å²) in [6.07, 6.45) is 0.343. The summed E-state index contributed by atoms with van der Waals surface area (Å²) in [5, 5.41) is 0. The van der Waals surface area contributed by atoms with Crippen LogP contribution in [0.5, 0.6) is 5.75 Å². The number of likely N-dealkylation sites (tertiary alicyclic amines) is 1. The Kier molecular flexibility index (Phi) is 3.88. The van der Waals surface area contributed by atoms with Gasteiger partial charge < -0.3 is 9.64 Å². The molecule has 2 atom stereocenters. The third kappa shape index (κ3) is 2.78. The molecule has 0 unspecified atom stereocenters. The van der Waals surface area contributed by atoms with Crippen LogP contribution in [0.25, 0.3) is 0 Å². The van der Waals surface area contributed by atoms with Crippen LogP contribution < -0.4 is 4.74 Å². The zero-order chi connectivity index (χ0) is 14.0. The number of ketones is 1. The van der Waals surface area contributed by atoms with Gasteiger partial charge in [0.1, 0.15) is 11.5 Å². The summed E-state index contributed by atoms with van der Waals surface area (Å²) in [4.78, 5) is 25.1. The van der Waals surface area contributed by atoms with Gasteiger partial charge in [-0.1, -0.05) is 12.1 Å². The summed E-state index contributed by atoms with van der Waals surface area (Å²) in [5.74, 6) is 0.805. The molecule has 4 nitrogen and oxygen atoms in total. The summed E-state index contributed by atoms with van der Waals surface area (Å²) in [6.45, 7) is 4.07. The number of carbonyl (C=O) groups is 2. The topological polar surface area (TPSA) is 46.6 Å². The molecule has 0 bridgehead atoms. The van der Waals surface area contributed by atoms with E-state index in [0.29, 0.717) is 13.0 Å². The molecule has 4 heteroatoms. The van der Waals surface area contributed by atoms with E-state index in [-0.39, 0.29) is 23.7 Å². The van der Waals surface area contributed by atoms with Crippen molar-refractivity contribution >= 4 is 11.7 Å². The third-order valence-electron chi connectivity index (χ3n) is 3.80. The Labute approximate surface area is 113 Å². The van der Waals surface area contributed by atoms with Gasteiger partial charge in [-0.2, -0.15) is 0 Å². The fourth-order valence-electron chi connectivity index (χ4n) is 2.44. The lowest BCUT2D eigenvalue weighted by Crippen LogP contribution is -2.29. The van der Waals surface area contributed by atoms with E-state index in [4.69, 9.17) is 4.74 Å². The van der Waals surface area contributed by atoms with Gasteiger partial charge in [0.15, 0.2) is 0 Å². The fourth-order valence-corrected chi connectivity index (χ4v) is 2.44. The van der Waals surface area contributed by atoms with Crippen LogP contribution in [0.2, 0.25) is 0 Å². The summed E-state index contributed by atoms with van der Waals surface area (Å²) >= 11 is 0. The number of Topliss-reactive ketones (excluding diaryl/α,β-unsaturated/α-hetero) is 1. The number of nitrogens with zero attached hydrogens (tertiary/aromatic N) is 1. The lowest BCUT2D eigenvalue weighted by molar-refractivity contribution is -0.129. The van der Waals surface area contributed by atoms with Crippen LogP contribution in [0.3, 0.4) is 0 Å². The van der Waals surface area contributed by atoms with E-state index in [0.717, 1.165) is 11.3 Å². The van der Waals surface area contributed by atoms with E-state index in [9.17, 15) is 9.59 Å². The number of benzene rings is 1. The van der Waals surface area contributed by atoms with Crippen molar-refractivity contribution in [3.8, 4) is 5.75 Å². The molecule has 1 saturated heterocycles. The Morgan fingerprint density at radius 1 is 1.37 bits per heavy atom. The Balaban J connectivity index is 2.12. The minimum atomic E-state index is -0.145. The fraction of sp³-hybridized carbons (Fsp3) is 0.467. The Morgan fingerprint density at radius 2 is 2.00 bits per heavy atom. The Hall–Kier alpha value is -1.84. The van der Waals surface area contributed by atoms with Crippen molar-refractivity contribution in [1.29, 1.82) is 0 Å². The van der Waals surface area contributed by atoms with Gasteiger partial charge >= 0.3 is 0 Å². The van der Waals surface area contributed by atoms with Crippen LogP contribution in [0.4, 0.5) is 0 Å². The number of ether oxygens (including phenoxy) is 1. The van der Waals surface area contributed by atoms with E-state index in [1.54, 1.807) is 18.9 Å². The molecule has 1 amide bonds. The second-order valence-corrected chi connectivity index (χ2v) is 5.01. The van der Waals surface area contributed by atoms with Crippen molar-refractivity contribution in [3.05, 3.63) is 29.8 Å². The highest BCUT2D eigenvalue weighted by atomic mass is 16.5. The number of methoxy groups -OCH3 is 1. The molecule has 1 aliphatic heterocycles. The molecule has 19 heavy (non-hydrogen) atoms. The number of hydrogen-bond acceptors (Lipinski definition) is 3. The standard InChI is InChI=1S/C15H19NO3/c1-10(12-4-6-14(19-3)7-5-12)16-9-13(11(2)17)8-15(16)18/h4-7,10,13H,8-9H2,1-3H3/t10-,13+/m1/s1. The monoisotopic (exact) mass is 261 g/mol. The van der Waals surface area contributed by atoms with E-state index in [1.165, 1.54) is 0 Å². The van der Waals surface area contributed by atoms with Crippen molar-refractivity contribution < 1.29 is 14.3 Å². The van der Waals surface area contributed by atoms with Gasteiger partial charge in [-0.05, 0) is 31.5 Å². The van der Waals surface area contributed by atoms with E-state index in [2.05, 4.69) is 0 Å². The zero-order valence-corrected chi connectivity index (χ0v) is 11.6. The molecule has 0 N–H and O–H groups in total. The minimum Gasteiger partial charge on any atom is -0.497 e. The second-order valence-electron chi connectivity index (χ2n) is 5.01. The van der Waals surface area contributed by atoms with Crippen molar-refractivity contribution in [1.82, 2.24) is 4.90 Å². The lowest BCUT2D eigenvalue weighted by atomic mass is 10.0. The molecule has 0 radical (unpaired) electrons. The summed E-state index contributed by atoms with van der Waals surface area (Å²) in [7, 11) is 1.62. The van der Waals surface area contributed by atoms with Crippen molar-refractivity contribution in [3.63, 3.8) is 0 Å². The highest BCUT2D eigenvalue weighted by molar-refractivity contribution is 5.89. The first-order valence-corrected chi connectivity index (χ1v) is 6.46. The van der Waals surface area contributed by atoms with Gasteiger partial charge in [-0.25, -0.2) is 0 Å². The van der Waals surface area contributed by atoms with Gasteiger partial charge in [-0.15, -0.1) is 0 Å². The lowest BCUT2D eigenvalue weighted by Gasteiger charge is -2.25. The maximum absolute atomic E-state index is 12.0. The molecule has 1 heterocycles. The molecule has 0 saturated carbocycles. The summed E-state index contributed by atoms with van der Waals surface area (Å²) in [6, 6.07) is 7.67. The molecule has 1 aromatic carbocycles. The van der Waals surface area contributed by atoms with Crippen molar-refractivity contribution in [2.45, 2.75) is 26.3 Å². The van der Waals surface area contributed by atoms with Crippen LogP contribution in [-0.4, -0.2) is 30.2 Å².